The van der Waals surface area contributed by atoms with E-state index in [1.807, 2.05) is 25.1 Å². The van der Waals surface area contributed by atoms with Gasteiger partial charge in [0.15, 0.2) is 11.5 Å². The van der Waals surface area contributed by atoms with E-state index in [1.165, 1.54) is 25.1 Å². The third-order valence-electron chi connectivity index (χ3n) is 4.57. The maximum atomic E-state index is 13.1. The molecule has 1 aliphatic rings. The number of fused-ring (bicyclic) bond motifs is 2. The van der Waals surface area contributed by atoms with Crippen LogP contribution in [0.25, 0.3) is 10.9 Å². The molecule has 132 valence electrons. The second kappa shape index (κ2) is 5.87. The van der Waals surface area contributed by atoms with E-state index < -0.39 is 6.04 Å². The number of benzene rings is 2. The third kappa shape index (κ3) is 2.32. The molecule has 0 fully saturated rings. The molecule has 0 radical (unpaired) electrons. The molecule has 7 nitrogen and oxygen atoms in total. The number of hydrogen-bond acceptors (Lipinski definition) is 5. The predicted octanol–water partition coefficient (Wildman–Crippen LogP) is 2.26. The summed E-state index contributed by atoms with van der Waals surface area (Å²) >= 11 is 0. The number of aryl methyl sites for hydroxylation is 1. The molecule has 26 heavy (non-hydrogen) atoms. The van der Waals surface area contributed by atoms with Gasteiger partial charge in [0.2, 0.25) is 0 Å². The standard InChI is InChI=1S/C19H17N3O4/c1-10-4-5-13-11(6-10)17(18(23)21-13)22-9-20-14-8-16(26-3)15(25-2)7-12(14)19(22)24/h4-9,17H,1-3H3,(H,21,23)/t17-/m1/s1. The molecule has 1 atom stereocenters. The van der Waals surface area contributed by atoms with Crippen LogP contribution in [0, 0.1) is 6.92 Å². The molecular formula is C19H17N3O4. The van der Waals surface area contributed by atoms with Crippen LogP contribution in [0.5, 0.6) is 11.5 Å². The van der Waals surface area contributed by atoms with Crippen LogP contribution < -0.4 is 20.3 Å². The first-order chi connectivity index (χ1) is 12.5. The van der Waals surface area contributed by atoms with E-state index in [-0.39, 0.29) is 11.5 Å². The fourth-order valence-electron chi connectivity index (χ4n) is 3.29. The number of anilines is 1. The summed E-state index contributed by atoms with van der Waals surface area (Å²) in [6.07, 6.45) is 1.40. The Labute approximate surface area is 149 Å². The van der Waals surface area contributed by atoms with Crippen LogP contribution in [0.15, 0.2) is 41.5 Å². The topological polar surface area (TPSA) is 82.5 Å². The predicted molar refractivity (Wildman–Crippen MR) is 97.1 cm³/mol. The van der Waals surface area contributed by atoms with Crippen molar-refractivity contribution in [1.82, 2.24) is 9.55 Å². The maximum Gasteiger partial charge on any atom is 0.262 e. The fourth-order valence-corrected chi connectivity index (χ4v) is 3.29. The Bertz CT molecular complexity index is 1100. The summed E-state index contributed by atoms with van der Waals surface area (Å²) in [5, 5.41) is 3.18. The molecule has 0 bridgehead atoms. The van der Waals surface area contributed by atoms with Gasteiger partial charge in [0.05, 0.1) is 31.4 Å². The van der Waals surface area contributed by atoms with Gasteiger partial charge < -0.3 is 14.8 Å². The molecule has 0 aliphatic carbocycles. The number of ether oxygens (including phenoxy) is 2. The second-order valence-corrected chi connectivity index (χ2v) is 6.16. The fraction of sp³-hybridized carbons (Fsp3) is 0.211. The minimum atomic E-state index is -0.748. The minimum Gasteiger partial charge on any atom is -0.493 e. The van der Waals surface area contributed by atoms with Crippen molar-refractivity contribution in [3.05, 3.63) is 58.1 Å². The van der Waals surface area contributed by atoms with Gasteiger partial charge in [-0.25, -0.2) is 4.98 Å². The first-order valence-electron chi connectivity index (χ1n) is 8.07. The quantitative estimate of drug-likeness (QED) is 0.783. The minimum absolute atomic E-state index is 0.255. The molecule has 0 saturated heterocycles. The lowest BCUT2D eigenvalue weighted by molar-refractivity contribution is -0.117. The van der Waals surface area contributed by atoms with E-state index in [1.54, 1.807) is 12.1 Å². The largest absolute Gasteiger partial charge is 0.493 e. The number of carbonyl (C=O) groups excluding carboxylic acids is 1. The van der Waals surface area contributed by atoms with E-state index in [0.717, 1.165) is 11.1 Å². The average molecular weight is 351 g/mol. The van der Waals surface area contributed by atoms with Gasteiger partial charge in [0, 0.05) is 17.3 Å². The zero-order valence-corrected chi connectivity index (χ0v) is 14.6. The molecule has 1 aliphatic heterocycles. The molecular weight excluding hydrogens is 334 g/mol. The average Bonchev–Trinajstić information content (AvgIpc) is 2.96. The highest BCUT2D eigenvalue weighted by Gasteiger charge is 2.33. The number of nitrogens with one attached hydrogen (secondary N) is 1. The van der Waals surface area contributed by atoms with Crippen molar-refractivity contribution < 1.29 is 14.3 Å². The van der Waals surface area contributed by atoms with Crippen molar-refractivity contribution in [3.63, 3.8) is 0 Å². The number of aromatic nitrogens is 2. The van der Waals surface area contributed by atoms with Crippen molar-refractivity contribution in [2.45, 2.75) is 13.0 Å². The van der Waals surface area contributed by atoms with Crippen LogP contribution in [0.4, 0.5) is 5.69 Å². The van der Waals surface area contributed by atoms with Gasteiger partial charge in [0.25, 0.3) is 11.5 Å². The van der Waals surface area contributed by atoms with Gasteiger partial charge in [-0.2, -0.15) is 0 Å². The second-order valence-electron chi connectivity index (χ2n) is 6.16. The first kappa shape index (κ1) is 16.1. The molecule has 0 saturated carbocycles. The lowest BCUT2D eigenvalue weighted by Gasteiger charge is -2.14. The van der Waals surface area contributed by atoms with E-state index in [0.29, 0.717) is 28.1 Å². The maximum absolute atomic E-state index is 13.1. The van der Waals surface area contributed by atoms with Gasteiger partial charge in [-0.1, -0.05) is 17.7 Å². The lowest BCUT2D eigenvalue weighted by Crippen LogP contribution is -2.30. The van der Waals surface area contributed by atoms with Crippen LogP contribution in [-0.2, 0) is 4.79 Å². The van der Waals surface area contributed by atoms with Crippen molar-refractivity contribution in [3.8, 4) is 11.5 Å². The third-order valence-corrected chi connectivity index (χ3v) is 4.57. The highest BCUT2D eigenvalue weighted by Crippen LogP contribution is 2.34. The Morgan fingerprint density at radius 2 is 1.81 bits per heavy atom. The van der Waals surface area contributed by atoms with Gasteiger partial charge in [-0.15, -0.1) is 0 Å². The molecule has 4 rings (SSSR count). The van der Waals surface area contributed by atoms with Crippen LogP contribution in [0.3, 0.4) is 0 Å². The van der Waals surface area contributed by atoms with E-state index >= 15 is 0 Å². The molecule has 2 heterocycles. The van der Waals surface area contributed by atoms with E-state index in [9.17, 15) is 9.59 Å². The summed E-state index contributed by atoms with van der Waals surface area (Å²) in [6.45, 7) is 1.94. The van der Waals surface area contributed by atoms with Gasteiger partial charge in [-0.3, -0.25) is 14.2 Å². The van der Waals surface area contributed by atoms with Crippen LogP contribution in [0.1, 0.15) is 17.2 Å². The highest BCUT2D eigenvalue weighted by molar-refractivity contribution is 6.03. The van der Waals surface area contributed by atoms with E-state index in [2.05, 4.69) is 10.3 Å². The summed E-state index contributed by atoms with van der Waals surface area (Å²) in [6, 6.07) is 8.15. The van der Waals surface area contributed by atoms with Gasteiger partial charge in [0.1, 0.15) is 6.04 Å². The van der Waals surface area contributed by atoms with Crippen molar-refractivity contribution in [2.24, 2.45) is 0 Å². The van der Waals surface area contributed by atoms with Crippen molar-refractivity contribution >= 4 is 22.5 Å². The van der Waals surface area contributed by atoms with Crippen molar-refractivity contribution in [1.29, 1.82) is 0 Å². The Balaban J connectivity index is 1.94. The SMILES string of the molecule is COc1cc2ncn([C@H]3C(=O)Nc4ccc(C)cc43)c(=O)c2cc1OC. The highest BCUT2D eigenvalue weighted by atomic mass is 16.5. The molecule has 2 aromatic carbocycles. The number of hydrogen-bond donors (Lipinski definition) is 1. The summed E-state index contributed by atoms with van der Waals surface area (Å²) in [5.74, 6) is 0.669. The first-order valence-corrected chi connectivity index (χ1v) is 8.07. The molecule has 1 N–H and O–H groups in total. The smallest absolute Gasteiger partial charge is 0.262 e. The van der Waals surface area contributed by atoms with Crippen LogP contribution >= 0.6 is 0 Å². The van der Waals surface area contributed by atoms with Crippen LogP contribution in [-0.4, -0.2) is 29.7 Å². The molecule has 0 unspecified atom stereocenters. The molecule has 1 aromatic heterocycles. The molecule has 7 heteroatoms. The van der Waals surface area contributed by atoms with Crippen molar-refractivity contribution in [2.75, 3.05) is 19.5 Å². The lowest BCUT2D eigenvalue weighted by atomic mass is 10.0. The van der Waals surface area contributed by atoms with Gasteiger partial charge >= 0.3 is 0 Å². The summed E-state index contributed by atoms with van der Waals surface area (Å²) in [7, 11) is 3.02. The zero-order chi connectivity index (χ0) is 18.4. The zero-order valence-electron chi connectivity index (χ0n) is 14.6. The Kier molecular flexibility index (Phi) is 3.64. The molecule has 1 amide bonds. The van der Waals surface area contributed by atoms with Crippen LogP contribution in [0.2, 0.25) is 0 Å². The normalized spacial score (nSPS) is 15.7. The summed E-state index contributed by atoms with van der Waals surface area (Å²) in [5.41, 5.74) is 2.65. The molecule has 3 aromatic rings. The van der Waals surface area contributed by atoms with Gasteiger partial charge in [-0.05, 0) is 19.1 Å². The number of amides is 1. The molecule has 0 spiro atoms. The number of rotatable bonds is 3. The van der Waals surface area contributed by atoms with E-state index in [4.69, 9.17) is 9.47 Å². The number of methoxy groups -OCH3 is 2. The Hall–Kier alpha value is -3.35. The number of carbonyl (C=O) groups is 1. The number of nitrogens with zero attached hydrogens (tertiary/aromatic N) is 2. The monoisotopic (exact) mass is 351 g/mol. The summed E-state index contributed by atoms with van der Waals surface area (Å²) in [4.78, 5) is 29.9. The Morgan fingerprint density at radius 1 is 1.08 bits per heavy atom. The Morgan fingerprint density at radius 3 is 2.54 bits per heavy atom. The summed E-state index contributed by atoms with van der Waals surface area (Å²) < 4.78 is 11.9.